The third-order valence-electron chi connectivity index (χ3n) is 3.97. The van der Waals surface area contributed by atoms with E-state index in [0.29, 0.717) is 12.1 Å². The first kappa shape index (κ1) is 14.7. The molecular formula is C18H20FN3. The number of hydrogen-bond donors (Lipinski definition) is 1. The van der Waals surface area contributed by atoms with E-state index in [1.54, 1.807) is 6.07 Å². The first-order valence-electron chi connectivity index (χ1n) is 7.55. The Balaban J connectivity index is 2.10. The number of hydrogen-bond acceptors (Lipinski definition) is 2. The molecular weight excluding hydrogens is 277 g/mol. The van der Waals surface area contributed by atoms with Crippen LogP contribution < -0.4 is 5.73 Å². The summed E-state index contributed by atoms with van der Waals surface area (Å²) < 4.78 is 15.5. The maximum absolute atomic E-state index is 13.5. The smallest absolute Gasteiger partial charge is 0.127 e. The van der Waals surface area contributed by atoms with Gasteiger partial charge in [0.2, 0.25) is 0 Å². The molecule has 0 radical (unpaired) electrons. The Kier molecular flexibility index (Phi) is 3.94. The minimum absolute atomic E-state index is 0.152. The predicted molar refractivity (Wildman–Crippen MR) is 87.2 cm³/mol. The molecule has 1 aromatic heterocycles. The molecule has 4 heteroatoms. The number of aryl methyl sites for hydroxylation is 1. The number of rotatable bonds is 4. The lowest BCUT2D eigenvalue weighted by Gasteiger charge is -2.13. The Bertz CT molecular complexity index is 790. The first-order valence-corrected chi connectivity index (χ1v) is 7.55. The van der Waals surface area contributed by atoms with Crippen molar-refractivity contribution in [1.29, 1.82) is 0 Å². The molecule has 3 nitrogen and oxygen atoms in total. The average molecular weight is 297 g/mol. The fourth-order valence-electron chi connectivity index (χ4n) is 2.63. The summed E-state index contributed by atoms with van der Waals surface area (Å²) in [6.45, 7) is 4.78. The van der Waals surface area contributed by atoms with Crippen LogP contribution in [-0.4, -0.2) is 9.55 Å². The quantitative estimate of drug-likeness (QED) is 0.792. The lowest BCUT2D eigenvalue weighted by molar-refractivity contribution is 0.605. The van der Waals surface area contributed by atoms with Gasteiger partial charge in [-0.2, -0.15) is 0 Å². The van der Waals surface area contributed by atoms with E-state index in [1.165, 1.54) is 23.3 Å². The number of halogens is 1. The van der Waals surface area contributed by atoms with E-state index < -0.39 is 0 Å². The molecule has 0 saturated carbocycles. The van der Waals surface area contributed by atoms with Crippen LogP contribution in [-0.2, 0) is 6.54 Å². The highest BCUT2D eigenvalue weighted by molar-refractivity contribution is 5.76. The summed E-state index contributed by atoms with van der Waals surface area (Å²) in [5, 5.41) is 0. The largest absolute Gasteiger partial charge is 0.322 e. The van der Waals surface area contributed by atoms with E-state index in [0.717, 1.165) is 17.8 Å². The number of fused-ring (bicyclic) bond motifs is 1. The van der Waals surface area contributed by atoms with Crippen molar-refractivity contribution in [3.63, 3.8) is 0 Å². The van der Waals surface area contributed by atoms with Gasteiger partial charge in [0.15, 0.2) is 0 Å². The van der Waals surface area contributed by atoms with E-state index in [-0.39, 0.29) is 11.9 Å². The summed E-state index contributed by atoms with van der Waals surface area (Å²) in [5.74, 6) is 0.535. The molecule has 0 amide bonds. The predicted octanol–water partition coefficient (Wildman–Crippen LogP) is 3.94. The van der Waals surface area contributed by atoms with E-state index >= 15 is 0 Å². The molecule has 0 bridgehead atoms. The van der Waals surface area contributed by atoms with Crippen LogP contribution in [0.1, 0.15) is 36.3 Å². The molecule has 0 aliphatic rings. The van der Waals surface area contributed by atoms with Crippen molar-refractivity contribution in [3.05, 3.63) is 65.2 Å². The fourth-order valence-corrected chi connectivity index (χ4v) is 2.63. The number of imidazole rings is 1. The molecule has 3 rings (SSSR count). The van der Waals surface area contributed by atoms with Crippen LogP contribution >= 0.6 is 0 Å². The van der Waals surface area contributed by atoms with Gasteiger partial charge in [0, 0.05) is 12.6 Å². The molecule has 1 unspecified atom stereocenters. The summed E-state index contributed by atoms with van der Waals surface area (Å²) >= 11 is 0. The van der Waals surface area contributed by atoms with Gasteiger partial charge in [-0.3, -0.25) is 0 Å². The van der Waals surface area contributed by atoms with E-state index in [4.69, 9.17) is 5.73 Å². The second-order valence-electron chi connectivity index (χ2n) is 5.69. The van der Waals surface area contributed by atoms with Crippen LogP contribution in [0, 0.1) is 12.7 Å². The molecule has 0 saturated heterocycles. The highest BCUT2D eigenvalue weighted by Crippen LogP contribution is 2.23. The minimum Gasteiger partial charge on any atom is -0.322 e. The lowest BCUT2D eigenvalue weighted by Crippen LogP contribution is -2.16. The zero-order chi connectivity index (χ0) is 15.7. The van der Waals surface area contributed by atoms with Crippen molar-refractivity contribution in [2.45, 2.75) is 32.9 Å². The van der Waals surface area contributed by atoms with Crippen LogP contribution in [0.4, 0.5) is 4.39 Å². The van der Waals surface area contributed by atoms with Gasteiger partial charge < -0.3 is 10.3 Å². The molecule has 0 fully saturated rings. The van der Waals surface area contributed by atoms with Gasteiger partial charge in [-0.25, -0.2) is 9.37 Å². The third kappa shape index (κ3) is 2.74. The SMILES string of the molecule is CCC(N)c1nc2cc(F)ccc2n1Cc1ccc(C)cc1. The normalized spacial score (nSPS) is 12.7. The van der Waals surface area contributed by atoms with Gasteiger partial charge in [-0.15, -0.1) is 0 Å². The minimum atomic E-state index is -0.274. The molecule has 0 spiro atoms. The number of aromatic nitrogens is 2. The Morgan fingerprint density at radius 3 is 2.59 bits per heavy atom. The van der Waals surface area contributed by atoms with E-state index in [1.807, 2.05) is 6.92 Å². The first-order chi connectivity index (χ1) is 10.6. The van der Waals surface area contributed by atoms with Gasteiger partial charge in [-0.1, -0.05) is 36.8 Å². The molecule has 3 aromatic rings. The molecule has 22 heavy (non-hydrogen) atoms. The van der Waals surface area contributed by atoms with Gasteiger partial charge in [0.05, 0.1) is 17.1 Å². The molecule has 0 aliphatic carbocycles. The van der Waals surface area contributed by atoms with Crippen LogP contribution in [0.5, 0.6) is 0 Å². The number of nitrogens with two attached hydrogens (primary N) is 1. The summed E-state index contributed by atoms with van der Waals surface area (Å²) in [6.07, 6.45) is 0.791. The molecule has 114 valence electrons. The maximum atomic E-state index is 13.5. The van der Waals surface area contributed by atoms with Crippen molar-refractivity contribution in [2.24, 2.45) is 5.73 Å². The Hall–Kier alpha value is -2.20. The van der Waals surface area contributed by atoms with Crippen molar-refractivity contribution in [1.82, 2.24) is 9.55 Å². The van der Waals surface area contributed by atoms with Crippen molar-refractivity contribution >= 4 is 11.0 Å². The van der Waals surface area contributed by atoms with Crippen molar-refractivity contribution in [2.75, 3.05) is 0 Å². The average Bonchev–Trinajstić information content (AvgIpc) is 2.86. The Morgan fingerprint density at radius 1 is 1.18 bits per heavy atom. The van der Waals surface area contributed by atoms with Crippen LogP contribution in [0.2, 0.25) is 0 Å². The standard InChI is InChI=1S/C18H20FN3/c1-3-15(20)18-21-16-10-14(19)8-9-17(16)22(18)11-13-6-4-12(2)5-7-13/h4-10,15H,3,11,20H2,1-2H3. The van der Waals surface area contributed by atoms with Gasteiger partial charge in [-0.05, 0) is 31.0 Å². The molecule has 1 atom stereocenters. The van der Waals surface area contributed by atoms with Crippen LogP contribution in [0.15, 0.2) is 42.5 Å². The van der Waals surface area contributed by atoms with Gasteiger partial charge in [0.1, 0.15) is 11.6 Å². The van der Waals surface area contributed by atoms with E-state index in [2.05, 4.69) is 40.7 Å². The van der Waals surface area contributed by atoms with Crippen LogP contribution in [0.3, 0.4) is 0 Å². The highest BCUT2D eigenvalue weighted by atomic mass is 19.1. The van der Waals surface area contributed by atoms with Crippen LogP contribution in [0.25, 0.3) is 11.0 Å². The zero-order valence-electron chi connectivity index (χ0n) is 12.9. The molecule has 2 N–H and O–H groups in total. The summed E-state index contributed by atoms with van der Waals surface area (Å²) in [5.41, 5.74) is 10.2. The van der Waals surface area contributed by atoms with Crippen molar-refractivity contribution in [3.8, 4) is 0 Å². The zero-order valence-corrected chi connectivity index (χ0v) is 12.9. The highest BCUT2D eigenvalue weighted by Gasteiger charge is 2.16. The second-order valence-corrected chi connectivity index (χ2v) is 5.69. The molecule has 1 heterocycles. The summed E-state index contributed by atoms with van der Waals surface area (Å²) in [4.78, 5) is 4.56. The lowest BCUT2D eigenvalue weighted by atomic mass is 10.1. The monoisotopic (exact) mass is 297 g/mol. The number of nitrogens with zero attached hydrogens (tertiary/aromatic N) is 2. The fraction of sp³-hybridized carbons (Fsp3) is 0.278. The Morgan fingerprint density at radius 2 is 1.91 bits per heavy atom. The van der Waals surface area contributed by atoms with Crippen molar-refractivity contribution < 1.29 is 4.39 Å². The number of benzene rings is 2. The topological polar surface area (TPSA) is 43.8 Å². The van der Waals surface area contributed by atoms with Gasteiger partial charge >= 0.3 is 0 Å². The molecule has 0 aliphatic heterocycles. The van der Waals surface area contributed by atoms with Gasteiger partial charge in [0.25, 0.3) is 0 Å². The maximum Gasteiger partial charge on any atom is 0.127 e. The molecule has 2 aromatic carbocycles. The summed E-state index contributed by atoms with van der Waals surface area (Å²) in [6, 6.07) is 12.9. The third-order valence-corrected chi connectivity index (χ3v) is 3.97. The summed E-state index contributed by atoms with van der Waals surface area (Å²) in [7, 11) is 0. The Labute approximate surface area is 129 Å². The van der Waals surface area contributed by atoms with E-state index in [9.17, 15) is 4.39 Å². The second kappa shape index (κ2) is 5.89.